The third kappa shape index (κ3) is 23.9. The molecular weight excluding hydrogens is 328 g/mol. The van der Waals surface area contributed by atoms with Crippen LogP contribution in [-0.2, 0) is 0 Å². The van der Waals surface area contributed by atoms with Gasteiger partial charge in [0.25, 0.3) is 0 Å². The lowest BCUT2D eigenvalue weighted by Gasteiger charge is -2.08. The van der Waals surface area contributed by atoms with E-state index in [4.69, 9.17) is 0 Å². The van der Waals surface area contributed by atoms with E-state index in [1.54, 1.807) is 0 Å². The molecule has 0 amide bonds. The molecule has 0 heterocycles. The quantitative estimate of drug-likeness (QED) is 0.174. The Kier molecular flexibility index (Phi) is 24.0. The van der Waals surface area contributed by atoms with E-state index in [1.165, 1.54) is 128 Å². The lowest BCUT2D eigenvalue weighted by molar-refractivity contribution is 0.150. The molecule has 164 valence electrons. The largest absolute Gasteiger partial charge is 0.393 e. The zero-order chi connectivity index (χ0) is 19.8. The van der Waals surface area contributed by atoms with Crippen LogP contribution in [0.25, 0.3) is 0 Å². The Balaban J connectivity index is 3.01. The van der Waals surface area contributed by atoms with Gasteiger partial charge in [0.15, 0.2) is 0 Å². The third-order valence-corrected chi connectivity index (χ3v) is 6.01. The highest BCUT2D eigenvalue weighted by Gasteiger charge is 2.01. The van der Waals surface area contributed by atoms with Crippen LogP contribution in [0.2, 0.25) is 0 Å². The molecule has 1 atom stereocenters. The van der Waals surface area contributed by atoms with Crippen molar-refractivity contribution >= 4 is 0 Å². The second-order valence-electron chi connectivity index (χ2n) is 8.95. The second-order valence-corrected chi connectivity index (χ2v) is 8.95. The molecule has 0 aliphatic carbocycles. The van der Waals surface area contributed by atoms with Crippen LogP contribution in [0.1, 0.15) is 162 Å². The molecule has 0 radical (unpaired) electrons. The van der Waals surface area contributed by atoms with Crippen molar-refractivity contribution in [1.29, 1.82) is 0 Å². The fourth-order valence-electron chi connectivity index (χ4n) is 4.11. The van der Waals surface area contributed by atoms with Gasteiger partial charge in [-0.3, -0.25) is 0 Å². The second kappa shape index (κ2) is 24.0. The van der Waals surface area contributed by atoms with E-state index < -0.39 is 0 Å². The average molecular weight is 383 g/mol. The zero-order valence-corrected chi connectivity index (χ0v) is 19.3. The minimum absolute atomic E-state index is 0.0365. The Hall–Kier alpha value is -0.0400. The van der Waals surface area contributed by atoms with Crippen LogP contribution in [0.4, 0.5) is 0 Å². The average Bonchev–Trinajstić information content (AvgIpc) is 2.66. The van der Waals surface area contributed by atoms with Gasteiger partial charge in [0, 0.05) is 0 Å². The molecule has 0 rings (SSSR count). The standard InChI is InChI=1S/C26H54O/c1-3-5-6-7-8-9-10-11-12-13-14-15-16-17-18-19-20-21-22-23-25-26(27)24-4-2/h26-27H,3-25H2,1-2H3. The van der Waals surface area contributed by atoms with E-state index >= 15 is 0 Å². The highest BCUT2D eigenvalue weighted by Crippen LogP contribution is 2.15. The van der Waals surface area contributed by atoms with Gasteiger partial charge < -0.3 is 5.11 Å². The summed E-state index contributed by atoms with van der Waals surface area (Å²) < 4.78 is 0. The molecule has 1 nitrogen and oxygen atoms in total. The molecule has 0 aromatic rings. The summed E-state index contributed by atoms with van der Waals surface area (Å²) in [6, 6.07) is 0. The first kappa shape index (κ1) is 27.0. The smallest absolute Gasteiger partial charge is 0.0540 e. The van der Waals surface area contributed by atoms with E-state index in [1.807, 2.05) is 0 Å². The zero-order valence-electron chi connectivity index (χ0n) is 19.3. The molecule has 0 spiro atoms. The highest BCUT2D eigenvalue weighted by molar-refractivity contribution is 4.55. The highest BCUT2D eigenvalue weighted by atomic mass is 16.3. The molecule has 1 N–H and O–H groups in total. The first-order chi connectivity index (χ1) is 13.3. The van der Waals surface area contributed by atoms with E-state index in [-0.39, 0.29) is 6.10 Å². The third-order valence-electron chi connectivity index (χ3n) is 6.01. The van der Waals surface area contributed by atoms with Crippen LogP contribution in [0.5, 0.6) is 0 Å². The van der Waals surface area contributed by atoms with Gasteiger partial charge in [-0.25, -0.2) is 0 Å². The Morgan fingerprint density at radius 2 is 0.667 bits per heavy atom. The minimum Gasteiger partial charge on any atom is -0.393 e. The summed E-state index contributed by atoms with van der Waals surface area (Å²) in [6.45, 7) is 4.45. The molecule has 0 aliphatic rings. The summed E-state index contributed by atoms with van der Waals surface area (Å²) in [5.41, 5.74) is 0. The van der Waals surface area contributed by atoms with Crippen LogP contribution in [0, 0.1) is 0 Å². The Labute approximate surface area is 173 Å². The van der Waals surface area contributed by atoms with Gasteiger partial charge in [-0.2, -0.15) is 0 Å². The van der Waals surface area contributed by atoms with Gasteiger partial charge in [-0.15, -0.1) is 0 Å². The summed E-state index contributed by atoms with van der Waals surface area (Å²) in [6.07, 6.45) is 31.7. The maximum absolute atomic E-state index is 9.70. The van der Waals surface area contributed by atoms with E-state index in [0.29, 0.717) is 0 Å². The topological polar surface area (TPSA) is 20.2 Å². The number of rotatable bonds is 23. The molecule has 1 unspecified atom stereocenters. The fraction of sp³-hybridized carbons (Fsp3) is 1.00. The van der Waals surface area contributed by atoms with Gasteiger partial charge in [-0.05, 0) is 12.8 Å². The Morgan fingerprint density at radius 3 is 0.963 bits per heavy atom. The Morgan fingerprint density at radius 1 is 0.370 bits per heavy atom. The predicted octanol–water partition coefficient (Wildman–Crippen LogP) is 9.36. The van der Waals surface area contributed by atoms with Crippen molar-refractivity contribution in [2.75, 3.05) is 0 Å². The molecule has 0 aromatic carbocycles. The molecule has 0 aromatic heterocycles. The van der Waals surface area contributed by atoms with E-state index in [9.17, 15) is 5.11 Å². The van der Waals surface area contributed by atoms with E-state index in [2.05, 4.69) is 13.8 Å². The van der Waals surface area contributed by atoms with Gasteiger partial charge in [0.2, 0.25) is 0 Å². The fourth-order valence-corrected chi connectivity index (χ4v) is 4.11. The molecule has 0 saturated heterocycles. The summed E-state index contributed by atoms with van der Waals surface area (Å²) in [7, 11) is 0. The van der Waals surface area contributed by atoms with Gasteiger partial charge in [0.1, 0.15) is 0 Å². The van der Waals surface area contributed by atoms with Crippen molar-refractivity contribution in [3.8, 4) is 0 Å². The first-order valence-corrected chi connectivity index (χ1v) is 13.0. The maximum atomic E-state index is 9.70. The van der Waals surface area contributed by atoms with Crippen molar-refractivity contribution in [2.24, 2.45) is 0 Å². The molecule has 0 fully saturated rings. The SMILES string of the molecule is CCCCCCCCCCCCCCCCCCCCCCC(O)CCC. The van der Waals surface area contributed by atoms with Crippen molar-refractivity contribution in [3.63, 3.8) is 0 Å². The van der Waals surface area contributed by atoms with Gasteiger partial charge in [-0.1, -0.05) is 149 Å². The van der Waals surface area contributed by atoms with Gasteiger partial charge in [0.05, 0.1) is 6.10 Å². The predicted molar refractivity (Wildman–Crippen MR) is 124 cm³/mol. The molecule has 0 bridgehead atoms. The normalized spacial score (nSPS) is 12.6. The summed E-state index contributed by atoms with van der Waals surface area (Å²) in [5.74, 6) is 0. The molecule has 1 heteroatoms. The molecular formula is C26H54O. The molecule has 0 saturated carbocycles. The van der Waals surface area contributed by atoms with Gasteiger partial charge >= 0.3 is 0 Å². The number of aliphatic hydroxyl groups is 1. The molecule has 27 heavy (non-hydrogen) atoms. The summed E-state index contributed by atoms with van der Waals surface area (Å²) >= 11 is 0. The number of aliphatic hydroxyl groups excluding tert-OH is 1. The summed E-state index contributed by atoms with van der Waals surface area (Å²) in [4.78, 5) is 0. The summed E-state index contributed by atoms with van der Waals surface area (Å²) in [5, 5.41) is 9.70. The maximum Gasteiger partial charge on any atom is 0.0540 e. The van der Waals surface area contributed by atoms with Crippen LogP contribution < -0.4 is 0 Å². The number of hydrogen-bond donors (Lipinski definition) is 1. The van der Waals surface area contributed by atoms with Crippen LogP contribution in [-0.4, -0.2) is 11.2 Å². The first-order valence-electron chi connectivity index (χ1n) is 13.0. The van der Waals surface area contributed by atoms with Crippen molar-refractivity contribution < 1.29 is 5.11 Å². The molecule has 0 aliphatic heterocycles. The number of hydrogen-bond acceptors (Lipinski definition) is 1. The van der Waals surface area contributed by atoms with Crippen LogP contribution >= 0.6 is 0 Å². The van der Waals surface area contributed by atoms with Crippen molar-refractivity contribution in [2.45, 2.75) is 168 Å². The lowest BCUT2D eigenvalue weighted by atomic mass is 10.0. The van der Waals surface area contributed by atoms with Crippen LogP contribution in [0.15, 0.2) is 0 Å². The lowest BCUT2D eigenvalue weighted by Crippen LogP contribution is -2.04. The van der Waals surface area contributed by atoms with Crippen LogP contribution in [0.3, 0.4) is 0 Å². The number of unbranched alkanes of at least 4 members (excludes halogenated alkanes) is 19. The van der Waals surface area contributed by atoms with E-state index in [0.717, 1.165) is 19.3 Å². The minimum atomic E-state index is -0.0365. The van der Waals surface area contributed by atoms with Crippen molar-refractivity contribution in [1.82, 2.24) is 0 Å². The monoisotopic (exact) mass is 382 g/mol. The van der Waals surface area contributed by atoms with Crippen molar-refractivity contribution in [3.05, 3.63) is 0 Å². The Bertz CT molecular complexity index is 251.